The highest BCUT2D eigenvalue weighted by Crippen LogP contribution is 2.45. The maximum absolute atomic E-state index is 13.0. The van der Waals surface area contributed by atoms with E-state index in [0.29, 0.717) is 25.7 Å². The van der Waals surface area contributed by atoms with E-state index in [1.165, 1.54) is 180 Å². The summed E-state index contributed by atoms with van der Waals surface area (Å²) in [5, 5.41) is 10.6. The van der Waals surface area contributed by atoms with Gasteiger partial charge in [-0.3, -0.25) is 37.3 Å². The first-order chi connectivity index (χ1) is 43.4. The van der Waals surface area contributed by atoms with Crippen LogP contribution in [0.3, 0.4) is 0 Å². The van der Waals surface area contributed by atoms with Crippen LogP contribution in [0.4, 0.5) is 0 Å². The standard InChI is InChI=1S/C71H138O17P2/c1-7-9-11-13-15-17-18-21-25-29-36-42-48-54-69(74)82-60-66(87-70(75)55-49-43-37-30-26-23-20-19-22-24-28-33-39-45-51-63(3)4)61-85-89(77,78)83-57-65(72)58-84-90(79,80)86-62-67(59-81-68(73)53-47-41-35-27-16-14-12-10-8-2)88-71(76)56-50-44-38-32-31-34-40-46-52-64(5)6/h63-67,72H,7-62H2,1-6H3,(H,77,78)(H,79,80)/t65-,66-,67-/m1/s1. The van der Waals surface area contributed by atoms with Crippen LogP contribution in [0.15, 0.2) is 0 Å². The Morgan fingerprint density at radius 3 is 0.756 bits per heavy atom. The van der Waals surface area contributed by atoms with E-state index in [-0.39, 0.29) is 25.7 Å². The van der Waals surface area contributed by atoms with E-state index in [1.807, 2.05) is 0 Å². The average molecular weight is 1330 g/mol. The molecule has 5 atom stereocenters. The van der Waals surface area contributed by atoms with Gasteiger partial charge in [-0.05, 0) is 37.5 Å². The van der Waals surface area contributed by atoms with Crippen molar-refractivity contribution >= 4 is 39.5 Å². The number of aliphatic hydroxyl groups excluding tert-OH is 1. The molecule has 3 N–H and O–H groups in total. The molecule has 0 fully saturated rings. The number of phosphoric acid groups is 2. The number of carbonyl (C=O) groups excluding carboxylic acids is 4. The second kappa shape index (κ2) is 63.1. The molecule has 0 radical (unpaired) electrons. The molecule has 0 amide bonds. The molecule has 0 aliphatic heterocycles. The maximum atomic E-state index is 13.0. The van der Waals surface area contributed by atoms with Crippen molar-refractivity contribution in [2.24, 2.45) is 11.8 Å². The lowest BCUT2D eigenvalue weighted by atomic mass is 10.0. The molecule has 0 saturated heterocycles. The van der Waals surface area contributed by atoms with Crippen LogP contribution in [0.5, 0.6) is 0 Å². The van der Waals surface area contributed by atoms with Gasteiger partial charge in [-0.15, -0.1) is 0 Å². The molecule has 0 bridgehead atoms. The van der Waals surface area contributed by atoms with Gasteiger partial charge in [0.25, 0.3) is 0 Å². The molecule has 0 aromatic rings. The van der Waals surface area contributed by atoms with Crippen molar-refractivity contribution in [3.8, 4) is 0 Å². The molecular formula is C71H138O17P2. The number of rotatable bonds is 70. The summed E-state index contributed by atoms with van der Waals surface area (Å²) in [5.74, 6) is -0.610. The molecule has 0 rings (SSSR count). The lowest BCUT2D eigenvalue weighted by molar-refractivity contribution is -0.161. The SMILES string of the molecule is CCCCCCCCCCCCCCCC(=O)OC[C@H](COP(=O)(O)OC[C@@H](O)COP(=O)(O)OC[C@@H](COC(=O)CCCCCCCCCCC)OC(=O)CCCCCCCCCCC(C)C)OC(=O)CCCCCCCCCCCCCCCCC(C)C. The summed E-state index contributed by atoms with van der Waals surface area (Å²) in [6.07, 6.45) is 48.5. The number of hydrogen-bond acceptors (Lipinski definition) is 15. The van der Waals surface area contributed by atoms with Gasteiger partial charge in [0.05, 0.1) is 26.4 Å². The summed E-state index contributed by atoms with van der Waals surface area (Å²) < 4.78 is 68.3. The zero-order valence-corrected chi connectivity index (χ0v) is 60.2. The van der Waals surface area contributed by atoms with E-state index in [0.717, 1.165) is 102 Å². The van der Waals surface area contributed by atoms with E-state index in [9.17, 15) is 43.2 Å². The highest BCUT2D eigenvalue weighted by Gasteiger charge is 2.30. The quantitative estimate of drug-likeness (QED) is 0.0222. The minimum atomic E-state index is -4.95. The Morgan fingerprint density at radius 2 is 0.511 bits per heavy atom. The minimum absolute atomic E-state index is 0.105. The lowest BCUT2D eigenvalue weighted by Crippen LogP contribution is -2.30. The molecule has 19 heteroatoms. The van der Waals surface area contributed by atoms with Gasteiger partial charge in [-0.1, -0.05) is 311 Å². The Morgan fingerprint density at radius 1 is 0.300 bits per heavy atom. The predicted octanol–water partition coefficient (Wildman–Crippen LogP) is 20.4. The molecule has 0 aliphatic rings. The zero-order valence-electron chi connectivity index (χ0n) is 58.4. The van der Waals surface area contributed by atoms with Crippen molar-refractivity contribution in [2.75, 3.05) is 39.6 Å². The summed E-state index contributed by atoms with van der Waals surface area (Å²) in [6, 6.07) is 0. The normalized spacial score (nSPS) is 14.1. The third-order valence-corrected chi connectivity index (χ3v) is 18.4. The van der Waals surface area contributed by atoms with Crippen LogP contribution in [-0.2, 0) is 65.4 Å². The summed E-state index contributed by atoms with van der Waals surface area (Å²) in [6.45, 7) is 9.52. The first-order valence-corrected chi connectivity index (χ1v) is 40.0. The van der Waals surface area contributed by atoms with Crippen molar-refractivity contribution in [3.05, 3.63) is 0 Å². The lowest BCUT2D eigenvalue weighted by Gasteiger charge is -2.21. The minimum Gasteiger partial charge on any atom is -0.462 e. The number of unbranched alkanes of at least 4 members (excludes halogenated alkanes) is 40. The summed E-state index contributed by atoms with van der Waals surface area (Å²) in [7, 11) is -9.90. The van der Waals surface area contributed by atoms with Crippen LogP contribution in [0.2, 0.25) is 0 Å². The fourth-order valence-electron chi connectivity index (χ4n) is 10.8. The number of phosphoric ester groups is 2. The molecule has 0 saturated carbocycles. The third kappa shape index (κ3) is 64.8. The molecule has 17 nitrogen and oxygen atoms in total. The van der Waals surface area contributed by atoms with Gasteiger partial charge < -0.3 is 33.8 Å². The van der Waals surface area contributed by atoms with Crippen molar-refractivity contribution in [1.82, 2.24) is 0 Å². The first kappa shape index (κ1) is 88.1. The van der Waals surface area contributed by atoms with Crippen LogP contribution >= 0.6 is 15.6 Å². The predicted molar refractivity (Wildman–Crippen MR) is 363 cm³/mol. The van der Waals surface area contributed by atoms with Gasteiger partial charge in [0.2, 0.25) is 0 Å². The van der Waals surface area contributed by atoms with E-state index in [1.54, 1.807) is 0 Å². The molecule has 0 aromatic heterocycles. The maximum Gasteiger partial charge on any atom is 0.472 e. The highest BCUT2D eigenvalue weighted by atomic mass is 31.2. The fraction of sp³-hybridized carbons (Fsp3) is 0.944. The van der Waals surface area contributed by atoms with Gasteiger partial charge in [0, 0.05) is 25.7 Å². The van der Waals surface area contributed by atoms with Crippen LogP contribution < -0.4 is 0 Å². The van der Waals surface area contributed by atoms with Gasteiger partial charge in [-0.25, -0.2) is 9.13 Å². The van der Waals surface area contributed by atoms with Gasteiger partial charge in [-0.2, -0.15) is 0 Å². The average Bonchev–Trinajstić information content (AvgIpc) is 3.58. The van der Waals surface area contributed by atoms with Crippen molar-refractivity contribution in [2.45, 2.75) is 381 Å². The Kier molecular flexibility index (Phi) is 61.8. The number of carbonyl (C=O) groups is 4. The first-order valence-electron chi connectivity index (χ1n) is 37.0. The number of hydrogen-bond donors (Lipinski definition) is 3. The Labute approximate surface area is 549 Å². The summed E-state index contributed by atoms with van der Waals surface area (Å²) in [5.41, 5.74) is 0. The van der Waals surface area contributed by atoms with Gasteiger partial charge in [0.15, 0.2) is 12.2 Å². The summed E-state index contributed by atoms with van der Waals surface area (Å²) >= 11 is 0. The monoisotopic (exact) mass is 1320 g/mol. The Hall–Kier alpha value is -1.94. The molecule has 0 aromatic carbocycles. The van der Waals surface area contributed by atoms with E-state index in [4.69, 9.17) is 37.0 Å². The second-order valence-electron chi connectivity index (χ2n) is 26.6. The fourth-order valence-corrected chi connectivity index (χ4v) is 12.3. The van der Waals surface area contributed by atoms with Gasteiger partial charge in [0.1, 0.15) is 19.3 Å². The highest BCUT2D eigenvalue weighted by molar-refractivity contribution is 7.47. The molecule has 0 aliphatic carbocycles. The van der Waals surface area contributed by atoms with Crippen LogP contribution in [0.25, 0.3) is 0 Å². The number of esters is 4. The van der Waals surface area contributed by atoms with Crippen molar-refractivity contribution < 1.29 is 80.2 Å². The Balaban J connectivity index is 5.23. The molecular weight excluding hydrogens is 1190 g/mol. The van der Waals surface area contributed by atoms with Crippen LogP contribution in [-0.4, -0.2) is 96.7 Å². The molecule has 534 valence electrons. The van der Waals surface area contributed by atoms with Gasteiger partial charge >= 0.3 is 39.5 Å². The Bertz CT molecular complexity index is 1750. The molecule has 0 spiro atoms. The van der Waals surface area contributed by atoms with Crippen molar-refractivity contribution in [3.63, 3.8) is 0 Å². The van der Waals surface area contributed by atoms with Crippen molar-refractivity contribution in [1.29, 1.82) is 0 Å². The third-order valence-electron chi connectivity index (χ3n) is 16.5. The topological polar surface area (TPSA) is 237 Å². The molecule has 0 heterocycles. The molecule has 2 unspecified atom stereocenters. The summed E-state index contributed by atoms with van der Waals surface area (Å²) in [4.78, 5) is 72.5. The van der Waals surface area contributed by atoms with E-state index >= 15 is 0 Å². The second-order valence-corrected chi connectivity index (χ2v) is 29.5. The number of ether oxygens (including phenoxy) is 4. The zero-order chi connectivity index (χ0) is 66.5. The molecule has 90 heavy (non-hydrogen) atoms. The number of aliphatic hydroxyl groups is 1. The van der Waals surface area contributed by atoms with E-state index in [2.05, 4.69) is 41.5 Å². The van der Waals surface area contributed by atoms with Crippen LogP contribution in [0, 0.1) is 11.8 Å². The van der Waals surface area contributed by atoms with E-state index < -0.39 is 97.5 Å². The smallest absolute Gasteiger partial charge is 0.462 e. The largest absolute Gasteiger partial charge is 0.472 e. The van der Waals surface area contributed by atoms with Crippen LogP contribution in [0.1, 0.15) is 363 Å².